The van der Waals surface area contributed by atoms with Crippen molar-refractivity contribution in [2.24, 2.45) is 13.0 Å². The number of anilines is 1. The molecule has 0 radical (unpaired) electrons. The maximum absolute atomic E-state index is 14.3. The number of amides is 1. The third-order valence-corrected chi connectivity index (χ3v) is 9.31. The molecule has 1 amide bonds. The van der Waals surface area contributed by atoms with Gasteiger partial charge in [-0.3, -0.25) is 14.4 Å². The van der Waals surface area contributed by atoms with Crippen LogP contribution in [0.5, 0.6) is 5.75 Å². The van der Waals surface area contributed by atoms with Crippen LogP contribution in [-0.2, 0) is 28.4 Å². The zero-order valence-electron chi connectivity index (χ0n) is 26.9. The van der Waals surface area contributed by atoms with E-state index in [4.69, 9.17) is 9.47 Å². The number of aliphatic hydroxyl groups is 1. The van der Waals surface area contributed by atoms with Crippen molar-refractivity contribution in [2.75, 3.05) is 38.1 Å². The second kappa shape index (κ2) is 15.7. The fourth-order valence-corrected chi connectivity index (χ4v) is 6.48. The molecule has 246 valence electrons. The number of hydrogen-bond donors (Lipinski definition) is 2. The predicted octanol–water partition coefficient (Wildman–Crippen LogP) is 4.15. The number of fused-ring (bicyclic) bond motifs is 1. The average Bonchev–Trinajstić information content (AvgIpc) is 3.46. The van der Waals surface area contributed by atoms with E-state index < -0.39 is 16.1 Å². The Morgan fingerprint density at radius 1 is 1.16 bits per heavy atom. The highest BCUT2D eigenvalue weighted by Gasteiger charge is 2.31. The SMILES string of the molecule is C[C@@H]1CCCCO[C@@H](CN(C)Cc2ccccc2)[C@@H](C)CN([C@@H](C)CO)C(=O)c2cc(NS(=O)(=O)c3cn(C)cn3)ccc2O1. The van der Waals surface area contributed by atoms with Crippen LogP contribution in [0.15, 0.2) is 66.1 Å². The largest absolute Gasteiger partial charge is 0.490 e. The van der Waals surface area contributed by atoms with Crippen LogP contribution in [-0.4, -0.2) is 90.4 Å². The lowest BCUT2D eigenvalue weighted by Gasteiger charge is -2.36. The van der Waals surface area contributed by atoms with Gasteiger partial charge < -0.3 is 24.0 Å². The van der Waals surface area contributed by atoms with Gasteiger partial charge in [-0.25, -0.2) is 4.98 Å². The third kappa shape index (κ3) is 9.52. The number of likely N-dealkylation sites (N-methyl/N-ethyl adjacent to an activating group) is 1. The molecule has 2 aromatic carbocycles. The van der Waals surface area contributed by atoms with E-state index in [0.717, 1.165) is 25.8 Å². The number of rotatable bonds is 9. The quantitative estimate of drug-likeness (QED) is 0.357. The van der Waals surface area contributed by atoms with Crippen LogP contribution in [0.25, 0.3) is 0 Å². The Balaban J connectivity index is 1.64. The lowest BCUT2D eigenvalue weighted by Crippen LogP contribution is -2.47. The minimum atomic E-state index is -3.99. The van der Waals surface area contributed by atoms with Gasteiger partial charge in [-0.15, -0.1) is 0 Å². The first-order chi connectivity index (χ1) is 21.5. The molecule has 4 atom stereocenters. The highest BCUT2D eigenvalue weighted by Crippen LogP contribution is 2.29. The number of imidazole rings is 1. The van der Waals surface area contributed by atoms with Gasteiger partial charge in [0.05, 0.1) is 36.7 Å². The summed E-state index contributed by atoms with van der Waals surface area (Å²) in [5.41, 5.74) is 1.63. The van der Waals surface area contributed by atoms with Gasteiger partial charge in [-0.05, 0) is 63.9 Å². The molecule has 1 aliphatic heterocycles. The normalized spacial score (nSPS) is 21.1. The summed E-state index contributed by atoms with van der Waals surface area (Å²) in [5, 5.41) is 10.1. The molecule has 3 aromatic rings. The highest BCUT2D eigenvalue weighted by atomic mass is 32.2. The molecule has 0 aliphatic carbocycles. The molecule has 0 fully saturated rings. The summed E-state index contributed by atoms with van der Waals surface area (Å²) < 4.78 is 42.9. The number of nitrogens with zero attached hydrogens (tertiary/aromatic N) is 4. The highest BCUT2D eigenvalue weighted by molar-refractivity contribution is 7.92. The van der Waals surface area contributed by atoms with Crippen LogP contribution in [0.2, 0.25) is 0 Å². The van der Waals surface area contributed by atoms with E-state index in [1.807, 2.05) is 25.1 Å². The van der Waals surface area contributed by atoms with Gasteiger partial charge in [0.2, 0.25) is 0 Å². The molecular weight excluding hydrogens is 594 g/mol. The number of benzene rings is 2. The number of aliphatic hydroxyl groups excluding tert-OH is 1. The third-order valence-electron chi connectivity index (χ3n) is 8.05. The van der Waals surface area contributed by atoms with E-state index in [-0.39, 0.29) is 46.9 Å². The molecule has 2 heterocycles. The summed E-state index contributed by atoms with van der Waals surface area (Å²) in [6.45, 7) is 7.93. The summed E-state index contributed by atoms with van der Waals surface area (Å²) in [6.07, 6.45) is 4.98. The van der Waals surface area contributed by atoms with Crippen LogP contribution in [0.4, 0.5) is 5.69 Å². The van der Waals surface area contributed by atoms with Crippen molar-refractivity contribution in [1.82, 2.24) is 19.4 Å². The summed E-state index contributed by atoms with van der Waals surface area (Å²) in [7, 11) is -0.239. The topological polar surface area (TPSA) is 126 Å². The van der Waals surface area contributed by atoms with Crippen LogP contribution in [0.1, 0.15) is 56.0 Å². The van der Waals surface area contributed by atoms with Crippen LogP contribution < -0.4 is 9.46 Å². The van der Waals surface area contributed by atoms with Gasteiger partial charge in [-0.1, -0.05) is 37.3 Å². The standard InChI is InChI=1S/C33H47N5O6S/c1-24-18-38(25(2)22-39)33(40)29-17-28(35-45(41,42)32-21-37(5)23-34-32)14-15-30(29)44-26(3)11-9-10-16-43-31(24)20-36(4)19-27-12-7-6-8-13-27/h6-8,12-15,17,21,23-26,31,35,39H,9-11,16,18-20,22H2,1-5H3/t24-,25-,26+,31-/m0/s1. The van der Waals surface area contributed by atoms with E-state index in [9.17, 15) is 18.3 Å². The zero-order valence-corrected chi connectivity index (χ0v) is 27.7. The second-order valence-electron chi connectivity index (χ2n) is 12.2. The van der Waals surface area contributed by atoms with Gasteiger partial charge >= 0.3 is 0 Å². The van der Waals surface area contributed by atoms with Crippen LogP contribution in [0, 0.1) is 5.92 Å². The predicted molar refractivity (Wildman–Crippen MR) is 174 cm³/mol. The molecule has 0 saturated heterocycles. The van der Waals surface area contributed by atoms with Gasteiger partial charge in [0, 0.05) is 51.1 Å². The van der Waals surface area contributed by atoms with E-state index in [1.165, 1.54) is 24.2 Å². The minimum absolute atomic E-state index is 0.0711. The van der Waals surface area contributed by atoms with Crippen molar-refractivity contribution in [3.05, 3.63) is 72.2 Å². The lowest BCUT2D eigenvalue weighted by molar-refractivity contribution is -0.0177. The molecular formula is C33H47N5O6S. The summed E-state index contributed by atoms with van der Waals surface area (Å²) in [6, 6.07) is 14.5. The molecule has 45 heavy (non-hydrogen) atoms. The Bertz CT molecular complexity index is 1500. The van der Waals surface area contributed by atoms with Gasteiger partial charge in [0.25, 0.3) is 15.9 Å². The molecule has 11 nitrogen and oxygen atoms in total. The molecule has 4 rings (SSSR count). The molecule has 0 spiro atoms. The molecule has 0 bridgehead atoms. The monoisotopic (exact) mass is 641 g/mol. The number of nitrogens with one attached hydrogen (secondary N) is 1. The molecule has 1 aromatic heterocycles. The molecule has 0 saturated carbocycles. The zero-order chi connectivity index (χ0) is 32.6. The van der Waals surface area contributed by atoms with Gasteiger partial charge in [0.15, 0.2) is 5.03 Å². The van der Waals surface area contributed by atoms with Crippen molar-refractivity contribution in [2.45, 2.75) is 69.9 Å². The number of aryl methyl sites for hydroxylation is 1. The summed E-state index contributed by atoms with van der Waals surface area (Å²) in [4.78, 5) is 22.1. The van der Waals surface area contributed by atoms with Crippen molar-refractivity contribution in [3.63, 3.8) is 0 Å². The number of carbonyl (C=O) groups excluding carboxylic acids is 1. The van der Waals surface area contributed by atoms with Crippen molar-refractivity contribution >= 4 is 21.6 Å². The maximum Gasteiger partial charge on any atom is 0.280 e. The van der Waals surface area contributed by atoms with E-state index in [2.05, 4.69) is 40.7 Å². The van der Waals surface area contributed by atoms with Crippen molar-refractivity contribution in [3.8, 4) is 5.75 Å². The van der Waals surface area contributed by atoms with Crippen molar-refractivity contribution in [1.29, 1.82) is 0 Å². The summed E-state index contributed by atoms with van der Waals surface area (Å²) >= 11 is 0. The Hall–Kier alpha value is -3.45. The second-order valence-corrected chi connectivity index (χ2v) is 13.8. The molecule has 12 heteroatoms. The Kier molecular flexibility index (Phi) is 12.0. The number of ether oxygens (including phenoxy) is 2. The maximum atomic E-state index is 14.3. The number of hydrogen-bond acceptors (Lipinski definition) is 8. The molecule has 1 aliphatic rings. The van der Waals surface area contributed by atoms with Gasteiger partial charge in [0.1, 0.15) is 5.75 Å². The van der Waals surface area contributed by atoms with Crippen LogP contribution in [0.3, 0.4) is 0 Å². The smallest absolute Gasteiger partial charge is 0.280 e. The fraction of sp³-hybridized carbons (Fsp3) is 0.515. The lowest BCUT2D eigenvalue weighted by atomic mass is 10.0. The first kappa shape index (κ1) is 34.4. The van der Waals surface area contributed by atoms with E-state index in [1.54, 1.807) is 35.6 Å². The van der Waals surface area contributed by atoms with E-state index in [0.29, 0.717) is 25.4 Å². The van der Waals surface area contributed by atoms with Crippen LogP contribution >= 0.6 is 0 Å². The van der Waals surface area contributed by atoms with E-state index >= 15 is 0 Å². The fourth-order valence-electron chi connectivity index (χ4n) is 5.45. The number of sulfonamides is 1. The molecule has 0 unspecified atom stereocenters. The Morgan fingerprint density at radius 3 is 2.60 bits per heavy atom. The average molecular weight is 642 g/mol. The van der Waals surface area contributed by atoms with Crippen molar-refractivity contribution < 1.29 is 27.8 Å². The number of aromatic nitrogens is 2. The minimum Gasteiger partial charge on any atom is -0.490 e. The first-order valence-corrected chi connectivity index (χ1v) is 17.0. The Labute approximate surface area is 267 Å². The number of carbonyl (C=O) groups is 1. The summed E-state index contributed by atoms with van der Waals surface area (Å²) in [5.74, 6) is -0.0697. The van der Waals surface area contributed by atoms with Gasteiger partial charge in [-0.2, -0.15) is 8.42 Å². The first-order valence-electron chi connectivity index (χ1n) is 15.5. The molecule has 2 N–H and O–H groups in total. The Morgan fingerprint density at radius 2 is 1.91 bits per heavy atom.